The van der Waals surface area contributed by atoms with Gasteiger partial charge in [-0.3, -0.25) is 4.90 Å². The molecule has 3 nitrogen and oxygen atoms in total. The minimum atomic E-state index is -0.177. The van der Waals surface area contributed by atoms with Gasteiger partial charge >= 0.3 is 0 Å². The quantitative estimate of drug-likeness (QED) is 0.713. The normalized spacial score (nSPS) is 23.0. The maximum Gasteiger partial charge on any atom is 0.0760 e. The minimum absolute atomic E-state index is 0.0618. The van der Waals surface area contributed by atoms with Crippen LogP contribution in [0.3, 0.4) is 0 Å². The summed E-state index contributed by atoms with van der Waals surface area (Å²) >= 11 is 0. The van der Waals surface area contributed by atoms with Gasteiger partial charge in [0, 0.05) is 13.1 Å². The van der Waals surface area contributed by atoms with E-state index in [1.165, 1.54) is 0 Å². The molecule has 0 radical (unpaired) electrons. The molecule has 0 bridgehead atoms. The molecule has 110 valence electrons. The number of nitriles is 1. The fourth-order valence-corrected chi connectivity index (χ4v) is 3.06. The van der Waals surface area contributed by atoms with Crippen LogP contribution < -0.4 is 0 Å². The molecule has 0 atom stereocenters. The highest BCUT2D eigenvalue weighted by atomic mass is 16.5. The highest BCUT2D eigenvalue weighted by Gasteiger charge is 2.37. The van der Waals surface area contributed by atoms with Crippen molar-refractivity contribution < 1.29 is 4.74 Å². The summed E-state index contributed by atoms with van der Waals surface area (Å²) in [5.41, 5.74) is -0.301. The molecule has 0 N–H and O–H groups in total. The number of unbranched alkanes of at least 4 members (excludes halogenated alkanes) is 1. The van der Waals surface area contributed by atoms with E-state index in [0.29, 0.717) is 0 Å². The number of nitrogens with zero attached hydrogens (tertiary/aromatic N) is 2. The molecule has 0 saturated carbocycles. The van der Waals surface area contributed by atoms with Crippen molar-refractivity contribution in [1.29, 1.82) is 5.26 Å². The third-order valence-corrected chi connectivity index (χ3v) is 3.59. The number of rotatable bonds is 5. The van der Waals surface area contributed by atoms with E-state index in [-0.39, 0.29) is 16.6 Å². The fraction of sp³-hybridized carbons (Fsp3) is 0.938. The predicted octanol–water partition coefficient (Wildman–Crippen LogP) is 3.60. The summed E-state index contributed by atoms with van der Waals surface area (Å²) in [4.78, 5) is 2.50. The molecular weight excluding hydrogens is 236 g/mol. The lowest BCUT2D eigenvalue weighted by molar-refractivity contribution is -0.180. The molecule has 19 heavy (non-hydrogen) atoms. The van der Waals surface area contributed by atoms with Crippen LogP contribution in [0.1, 0.15) is 60.8 Å². The molecule has 1 saturated heterocycles. The Morgan fingerprint density at radius 3 is 2.11 bits per heavy atom. The molecule has 3 heteroatoms. The first-order valence-corrected chi connectivity index (χ1v) is 7.39. The number of ether oxygens (including phenoxy) is 1. The Morgan fingerprint density at radius 2 is 1.63 bits per heavy atom. The molecule has 1 fully saturated rings. The monoisotopic (exact) mass is 266 g/mol. The molecule has 1 heterocycles. The average Bonchev–Trinajstić information content (AvgIpc) is 2.20. The van der Waals surface area contributed by atoms with Gasteiger partial charge in [0.25, 0.3) is 0 Å². The molecule has 0 aliphatic carbocycles. The standard InChI is InChI=1S/C16H30N2O/c1-14(2,11-17)9-7-8-10-18-12-15(3,4)19-16(5,6)13-18/h7-10,12-13H2,1-6H3. The Hall–Kier alpha value is -0.590. The van der Waals surface area contributed by atoms with E-state index in [1.54, 1.807) is 0 Å². The average molecular weight is 266 g/mol. The van der Waals surface area contributed by atoms with Crippen molar-refractivity contribution in [3.05, 3.63) is 0 Å². The zero-order chi connectivity index (χ0) is 14.7. The summed E-state index contributed by atoms with van der Waals surface area (Å²) in [6.45, 7) is 15.8. The number of hydrogen-bond donors (Lipinski definition) is 0. The second-order valence-corrected chi connectivity index (χ2v) is 7.78. The maximum atomic E-state index is 9.00. The number of hydrogen-bond acceptors (Lipinski definition) is 3. The largest absolute Gasteiger partial charge is 0.367 e. The van der Waals surface area contributed by atoms with Gasteiger partial charge in [0.1, 0.15) is 0 Å². The number of morpholine rings is 1. The van der Waals surface area contributed by atoms with Crippen LogP contribution in [0.4, 0.5) is 0 Å². The van der Waals surface area contributed by atoms with Gasteiger partial charge in [-0.1, -0.05) is 6.42 Å². The fourth-order valence-electron chi connectivity index (χ4n) is 3.06. The second-order valence-electron chi connectivity index (χ2n) is 7.78. The van der Waals surface area contributed by atoms with Crippen molar-refractivity contribution in [2.75, 3.05) is 19.6 Å². The molecule has 1 aliphatic rings. The van der Waals surface area contributed by atoms with Crippen molar-refractivity contribution in [3.8, 4) is 6.07 Å². The lowest BCUT2D eigenvalue weighted by Gasteiger charge is -2.47. The van der Waals surface area contributed by atoms with Crippen molar-refractivity contribution in [3.63, 3.8) is 0 Å². The van der Waals surface area contributed by atoms with E-state index in [4.69, 9.17) is 10.00 Å². The molecule has 0 spiro atoms. The molecule has 0 amide bonds. The van der Waals surface area contributed by atoms with Gasteiger partial charge in [0.15, 0.2) is 0 Å². The molecule has 0 aromatic carbocycles. The van der Waals surface area contributed by atoms with Crippen LogP contribution in [0, 0.1) is 16.7 Å². The Labute approximate surface area is 118 Å². The van der Waals surface area contributed by atoms with Gasteiger partial charge in [0.2, 0.25) is 0 Å². The Kier molecular flexibility index (Phi) is 5.03. The Morgan fingerprint density at radius 1 is 1.11 bits per heavy atom. The van der Waals surface area contributed by atoms with E-state index in [0.717, 1.165) is 38.9 Å². The van der Waals surface area contributed by atoms with Crippen LogP contribution in [-0.4, -0.2) is 35.7 Å². The first kappa shape index (κ1) is 16.5. The van der Waals surface area contributed by atoms with E-state index >= 15 is 0 Å². The molecule has 1 aliphatic heterocycles. The Bertz CT molecular complexity index is 323. The lowest BCUT2D eigenvalue weighted by atomic mass is 9.89. The highest BCUT2D eigenvalue weighted by molar-refractivity contribution is 4.92. The van der Waals surface area contributed by atoms with E-state index < -0.39 is 0 Å². The molecule has 1 rings (SSSR count). The van der Waals surface area contributed by atoms with E-state index in [1.807, 2.05) is 13.8 Å². The zero-order valence-corrected chi connectivity index (χ0v) is 13.5. The first-order valence-electron chi connectivity index (χ1n) is 7.39. The van der Waals surface area contributed by atoms with Gasteiger partial charge in [-0.2, -0.15) is 5.26 Å². The first-order chi connectivity index (χ1) is 8.55. The van der Waals surface area contributed by atoms with Gasteiger partial charge in [-0.05, 0) is 60.9 Å². The summed E-state index contributed by atoms with van der Waals surface area (Å²) < 4.78 is 6.08. The topological polar surface area (TPSA) is 36.3 Å². The predicted molar refractivity (Wildman–Crippen MR) is 78.9 cm³/mol. The van der Waals surface area contributed by atoms with Crippen LogP contribution >= 0.6 is 0 Å². The minimum Gasteiger partial charge on any atom is -0.367 e. The van der Waals surface area contributed by atoms with Crippen molar-refractivity contribution in [2.45, 2.75) is 72.0 Å². The SMILES string of the molecule is CC(C)(C#N)CCCCN1CC(C)(C)OC(C)(C)C1. The van der Waals surface area contributed by atoms with Crippen LogP contribution in [0.15, 0.2) is 0 Å². The third kappa shape index (κ3) is 5.93. The van der Waals surface area contributed by atoms with Crippen LogP contribution in [0.2, 0.25) is 0 Å². The van der Waals surface area contributed by atoms with Crippen LogP contribution in [-0.2, 0) is 4.74 Å². The molecule has 0 aromatic rings. The summed E-state index contributed by atoms with van der Waals surface area (Å²) in [5.74, 6) is 0. The van der Waals surface area contributed by atoms with Gasteiger partial charge < -0.3 is 4.74 Å². The van der Waals surface area contributed by atoms with Gasteiger partial charge in [0.05, 0.1) is 22.7 Å². The van der Waals surface area contributed by atoms with Crippen molar-refractivity contribution in [1.82, 2.24) is 4.90 Å². The van der Waals surface area contributed by atoms with Crippen LogP contribution in [0.25, 0.3) is 0 Å². The molecule has 0 aromatic heterocycles. The zero-order valence-electron chi connectivity index (χ0n) is 13.5. The van der Waals surface area contributed by atoms with Gasteiger partial charge in [-0.25, -0.2) is 0 Å². The lowest BCUT2D eigenvalue weighted by Crippen LogP contribution is -2.57. The van der Waals surface area contributed by atoms with Crippen molar-refractivity contribution in [2.24, 2.45) is 5.41 Å². The second kappa shape index (κ2) is 5.81. The van der Waals surface area contributed by atoms with Gasteiger partial charge in [-0.15, -0.1) is 0 Å². The Balaban J connectivity index is 2.36. The summed E-state index contributed by atoms with van der Waals surface area (Å²) in [5, 5.41) is 9.00. The maximum absolute atomic E-state index is 9.00. The summed E-state index contributed by atoms with van der Waals surface area (Å²) in [6.07, 6.45) is 3.27. The van der Waals surface area contributed by atoms with Crippen molar-refractivity contribution >= 4 is 0 Å². The molecule has 0 unspecified atom stereocenters. The summed E-state index contributed by atoms with van der Waals surface area (Å²) in [6, 6.07) is 2.37. The highest BCUT2D eigenvalue weighted by Crippen LogP contribution is 2.28. The smallest absolute Gasteiger partial charge is 0.0760 e. The summed E-state index contributed by atoms with van der Waals surface area (Å²) in [7, 11) is 0. The van der Waals surface area contributed by atoms with E-state index in [2.05, 4.69) is 38.7 Å². The molecular formula is C16H30N2O. The third-order valence-electron chi connectivity index (χ3n) is 3.59. The van der Waals surface area contributed by atoms with Crippen LogP contribution in [0.5, 0.6) is 0 Å². The van der Waals surface area contributed by atoms with E-state index in [9.17, 15) is 0 Å².